The lowest BCUT2D eigenvalue weighted by atomic mass is 9.96. The molecule has 4 aromatic rings. The lowest BCUT2D eigenvalue weighted by molar-refractivity contribution is -0.117. The number of fused-ring (bicyclic) bond motifs is 2. The van der Waals surface area contributed by atoms with Gasteiger partial charge in [-0.05, 0) is 49.6 Å². The number of phenols is 1. The molecule has 1 atom stereocenters. The highest BCUT2D eigenvalue weighted by Gasteiger charge is 2.45. The van der Waals surface area contributed by atoms with Crippen LogP contribution >= 0.6 is 0 Å². The fourth-order valence-corrected chi connectivity index (χ4v) is 6.96. The number of rotatable bonds is 9. The van der Waals surface area contributed by atoms with Gasteiger partial charge in [-0.25, -0.2) is 8.78 Å². The Hall–Kier alpha value is -4.90. The maximum absolute atomic E-state index is 17.0. The van der Waals surface area contributed by atoms with Crippen molar-refractivity contribution in [1.29, 1.82) is 0 Å². The van der Waals surface area contributed by atoms with E-state index < -0.39 is 11.6 Å². The van der Waals surface area contributed by atoms with Gasteiger partial charge in [0, 0.05) is 68.4 Å². The number of pyridine rings is 1. The van der Waals surface area contributed by atoms with Crippen molar-refractivity contribution in [3.8, 4) is 35.4 Å². The maximum Gasteiger partial charge on any atom is 0.319 e. The lowest BCUT2D eigenvalue weighted by Gasteiger charge is -2.30. The Balaban J connectivity index is 1.33. The highest BCUT2D eigenvalue weighted by Crippen LogP contribution is 2.47. The molecular formula is C37H39F2N7O4. The van der Waals surface area contributed by atoms with Crippen LogP contribution in [0.1, 0.15) is 18.4 Å². The van der Waals surface area contributed by atoms with Gasteiger partial charge >= 0.3 is 6.01 Å². The average Bonchev–Trinajstić information content (AvgIpc) is 3.91. The van der Waals surface area contributed by atoms with Gasteiger partial charge in [-0.15, -0.1) is 6.42 Å². The van der Waals surface area contributed by atoms with E-state index in [2.05, 4.69) is 37.6 Å². The van der Waals surface area contributed by atoms with Crippen LogP contribution in [-0.2, 0) is 9.53 Å². The monoisotopic (exact) mass is 683 g/mol. The predicted molar refractivity (Wildman–Crippen MR) is 186 cm³/mol. The normalized spacial score (nSPS) is 19.6. The molecule has 7 rings (SSSR count). The number of hydrogen-bond acceptors (Lipinski definition) is 10. The van der Waals surface area contributed by atoms with Crippen LogP contribution in [0.4, 0.5) is 14.6 Å². The molecule has 2 aliphatic heterocycles. The summed E-state index contributed by atoms with van der Waals surface area (Å²) in [5.41, 5.74) is -0.205. The Morgan fingerprint density at radius 3 is 2.74 bits per heavy atom. The van der Waals surface area contributed by atoms with E-state index in [0.29, 0.717) is 62.6 Å². The molecule has 1 saturated carbocycles. The van der Waals surface area contributed by atoms with E-state index in [1.165, 1.54) is 36.5 Å². The molecule has 1 aliphatic carbocycles. The minimum Gasteiger partial charge on any atom is -0.508 e. The number of phenolic OH excluding ortho intramolecular Hbond substituents is 1. The van der Waals surface area contributed by atoms with Crippen LogP contribution in [0, 0.1) is 29.4 Å². The number of morpholine rings is 1. The summed E-state index contributed by atoms with van der Waals surface area (Å²) in [5.74, 6) is 0.877. The molecule has 11 nitrogen and oxygen atoms in total. The SMILES string of the molecule is C#Cc1c(F)ccc2cc(O)cc(-c3ncc4c(N5CCN(C)C[C@@H](NC(=O)C=C)C5)nc(OCC5(CN6CCOCC6)CC5)nc4c3F)c12. The predicted octanol–water partition coefficient (Wildman–Crippen LogP) is 3.72. The van der Waals surface area contributed by atoms with Crippen LogP contribution in [-0.4, -0.2) is 114 Å². The van der Waals surface area contributed by atoms with Crippen molar-refractivity contribution in [3.63, 3.8) is 0 Å². The van der Waals surface area contributed by atoms with E-state index in [1.807, 2.05) is 11.9 Å². The number of amides is 1. The van der Waals surface area contributed by atoms with Gasteiger partial charge < -0.3 is 29.7 Å². The van der Waals surface area contributed by atoms with Gasteiger partial charge in [0.2, 0.25) is 5.91 Å². The Morgan fingerprint density at radius 1 is 1.20 bits per heavy atom. The maximum atomic E-state index is 17.0. The van der Waals surface area contributed by atoms with Crippen molar-refractivity contribution in [2.24, 2.45) is 5.41 Å². The lowest BCUT2D eigenvalue weighted by Crippen LogP contribution is -2.46. The summed E-state index contributed by atoms with van der Waals surface area (Å²) >= 11 is 0. The molecule has 260 valence electrons. The van der Waals surface area contributed by atoms with Gasteiger partial charge in [0.05, 0.1) is 36.8 Å². The van der Waals surface area contributed by atoms with Gasteiger partial charge in [-0.3, -0.25) is 14.7 Å². The fraction of sp³-hybridized carbons (Fsp3) is 0.405. The fourth-order valence-electron chi connectivity index (χ4n) is 6.96. The van der Waals surface area contributed by atoms with Crippen LogP contribution in [0.25, 0.3) is 32.9 Å². The van der Waals surface area contributed by atoms with Crippen molar-refractivity contribution >= 4 is 33.4 Å². The van der Waals surface area contributed by atoms with E-state index >= 15 is 4.39 Å². The van der Waals surface area contributed by atoms with Crippen LogP contribution in [0.2, 0.25) is 0 Å². The van der Waals surface area contributed by atoms with Gasteiger partial charge in [0.1, 0.15) is 28.6 Å². The zero-order valence-corrected chi connectivity index (χ0v) is 27.9. The first-order chi connectivity index (χ1) is 24.2. The number of likely N-dealkylation sites (N-methyl/N-ethyl adjacent to an activating group) is 1. The number of halogens is 2. The van der Waals surface area contributed by atoms with E-state index in [-0.39, 0.29) is 56.8 Å². The molecule has 3 fully saturated rings. The number of hydrogen-bond donors (Lipinski definition) is 2. The van der Waals surface area contributed by atoms with Crippen molar-refractivity contribution in [1.82, 2.24) is 30.1 Å². The van der Waals surface area contributed by atoms with Crippen molar-refractivity contribution in [2.45, 2.75) is 18.9 Å². The molecule has 0 unspecified atom stereocenters. The number of nitrogens with one attached hydrogen (secondary N) is 1. The molecule has 2 aromatic heterocycles. The van der Waals surface area contributed by atoms with Crippen LogP contribution in [0.3, 0.4) is 0 Å². The number of carbonyl (C=O) groups excluding carboxylic acids is 1. The second kappa shape index (κ2) is 13.8. The highest BCUT2D eigenvalue weighted by atomic mass is 19.1. The standard InChI is InChI=1S/C37H39F2N7O4/c1-4-26-29(38)7-6-23-16-25(47)17-27(31(23)26)33-32(39)34-28(18-40-33)35(46-11-10-44(3)19-24(20-46)41-30(48)5-2)43-36(42-34)50-22-37(8-9-37)21-45-12-14-49-15-13-45/h1,5-7,16-18,24,47H,2,8-15,19-22H2,3H3,(H,41,48)/t24-/m1/s1. The smallest absolute Gasteiger partial charge is 0.319 e. The summed E-state index contributed by atoms with van der Waals surface area (Å²) in [4.78, 5) is 32.7. The number of aromatic hydroxyl groups is 1. The van der Waals surface area contributed by atoms with Gasteiger partial charge in [0.25, 0.3) is 0 Å². The number of terminal acetylenes is 1. The summed E-state index contributed by atoms with van der Waals surface area (Å²) in [6.45, 7) is 10.1. The average molecular weight is 684 g/mol. The molecule has 2 N–H and O–H groups in total. The third-order valence-corrected chi connectivity index (χ3v) is 9.78. The zero-order chi connectivity index (χ0) is 35.0. The number of aromatic nitrogens is 3. The Labute approximate surface area is 288 Å². The Bertz CT molecular complexity index is 2010. The first kappa shape index (κ1) is 33.6. The molecule has 13 heteroatoms. The minimum atomic E-state index is -0.798. The third-order valence-electron chi connectivity index (χ3n) is 9.78. The van der Waals surface area contributed by atoms with Crippen molar-refractivity contribution < 1.29 is 28.2 Å². The van der Waals surface area contributed by atoms with E-state index in [4.69, 9.17) is 20.9 Å². The van der Waals surface area contributed by atoms with E-state index in [1.54, 1.807) is 0 Å². The third kappa shape index (κ3) is 6.79. The van der Waals surface area contributed by atoms with Gasteiger partial charge in [-0.2, -0.15) is 9.97 Å². The summed E-state index contributed by atoms with van der Waals surface area (Å²) in [6, 6.07) is 5.17. The molecule has 2 saturated heterocycles. The molecule has 0 radical (unpaired) electrons. The number of anilines is 1. The van der Waals surface area contributed by atoms with Crippen LogP contribution in [0.5, 0.6) is 11.8 Å². The Kier molecular flexibility index (Phi) is 9.26. The second-order valence-corrected chi connectivity index (χ2v) is 13.5. The number of ether oxygens (including phenoxy) is 2. The first-order valence-corrected chi connectivity index (χ1v) is 16.7. The minimum absolute atomic E-state index is 0.0113. The van der Waals surface area contributed by atoms with Crippen LogP contribution < -0.4 is 15.0 Å². The number of benzene rings is 2. The zero-order valence-electron chi connectivity index (χ0n) is 27.9. The molecule has 50 heavy (non-hydrogen) atoms. The van der Waals surface area contributed by atoms with Crippen molar-refractivity contribution in [3.05, 3.63) is 60.3 Å². The molecule has 1 amide bonds. The van der Waals surface area contributed by atoms with E-state index in [9.17, 15) is 14.3 Å². The largest absolute Gasteiger partial charge is 0.508 e. The molecular weight excluding hydrogens is 644 g/mol. The van der Waals surface area contributed by atoms with Gasteiger partial charge in [-0.1, -0.05) is 18.6 Å². The van der Waals surface area contributed by atoms with E-state index in [0.717, 1.165) is 32.5 Å². The topological polar surface area (TPSA) is 116 Å². The van der Waals surface area contributed by atoms with Crippen LogP contribution in [0.15, 0.2) is 43.1 Å². The number of nitrogens with zero attached hydrogens (tertiary/aromatic N) is 6. The number of carbonyl (C=O) groups is 1. The Morgan fingerprint density at radius 2 is 2.00 bits per heavy atom. The van der Waals surface area contributed by atoms with Crippen molar-refractivity contribution in [2.75, 3.05) is 77.6 Å². The quantitative estimate of drug-likeness (QED) is 0.200. The summed E-state index contributed by atoms with van der Waals surface area (Å²) in [5, 5.41) is 14.6. The summed E-state index contributed by atoms with van der Waals surface area (Å²) in [7, 11) is 1.97. The molecule has 3 aliphatic rings. The highest BCUT2D eigenvalue weighted by molar-refractivity contribution is 6.03. The molecule has 4 heterocycles. The molecule has 2 aromatic carbocycles. The summed E-state index contributed by atoms with van der Waals surface area (Å²) < 4.78 is 43.7. The second-order valence-electron chi connectivity index (χ2n) is 13.5. The summed E-state index contributed by atoms with van der Waals surface area (Å²) in [6.07, 6.45) is 10.4. The molecule has 0 spiro atoms. The first-order valence-electron chi connectivity index (χ1n) is 16.7. The molecule has 0 bridgehead atoms. The van der Waals surface area contributed by atoms with Gasteiger partial charge in [0.15, 0.2) is 5.82 Å².